The van der Waals surface area contributed by atoms with E-state index in [1.54, 1.807) is 0 Å². The van der Waals surface area contributed by atoms with Crippen molar-refractivity contribution in [2.45, 2.75) is 44.6 Å². The zero-order valence-corrected chi connectivity index (χ0v) is 12.4. The fraction of sp³-hybridized carbons (Fsp3) is 0.611. The average Bonchev–Trinajstić information content (AvgIpc) is 2.88. The van der Waals surface area contributed by atoms with Crippen LogP contribution in [0.3, 0.4) is 0 Å². The number of imidazole rings is 1. The molecular weight excluding hydrogens is 258 g/mol. The van der Waals surface area contributed by atoms with Gasteiger partial charge in [-0.1, -0.05) is 6.07 Å². The second-order valence-electron chi connectivity index (χ2n) is 7.63. The standard InChI is InChI=1S/C18H23N3/c19-9-10-1-2-15-16(8-10)21-18(20-15)17-13-4-11-3-12(6-13)7-14(17)5-11/h1-2,8,11-14,17H,3-7,9,19H2,(H,20,21). The number of nitrogens with two attached hydrogens (primary N) is 1. The number of nitrogens with zero attached hydrogens (tertiary/aromatic N) is 1. The van der Waals surface area contributed by atoms with Gasteiger partial charge in [0, 0.05) is 12.5 Å². The van der Waals surface area contributed by atoms with E-state index >= 15 is 0 Å². The van der Waals surface area contributed by atoms with Crippen molar-refractivity contribution < 1.29 is 0 Å². The normalized spacial score (nSPS) is 37.5. The van der Waals surface area contributed by atoms with Crippen molar-refractivity contribution in [1.82, 2.24) is 9.97 Å². The Labute approximate surface area is 125 Å². The summed E-state index contributed by atoms with van der Waals surface area (Å²) in [5.41, 5.74) is 9.21. The molecule has 4 fully saturated rings. The van der Waals surface area contributed by atoms with Crippen LogP contribution in [0.5, 0.6) is 0 Å². The van der Waals surface area contributed by atoms with E-state index in [-0.39, 0.29) is 0 Å². The maximum atomic E-state index is 5.75. The maximum absolute atomic E-state index is 5.75. The van der Waals surface area contributed by atoms with Gasteiger partial charge in [-0.15, -0.1) is 0 Å². The third kappa shape index (κ3) is 1.80. The molecule has 1 heterocycles. The summed E-state index contributed by atoms with van der Waals surface area (Å²) < 4.78 is 0. The zero-order valence-electron chi connectivity index (χ0n) is 12.4. The van der Waals surface area contributed by atoms with Gasteiger partial charge in [0.1, 0.15) is 5.82 Å². The van der Waals surface area contributed by atoms with Gasteiger partial charge in [-0.05, 0) is 73.5 Å². The van der Waals surface area contributed by atoms with E-state index in [1.807, 2.05) is 0 Å². The van der Waals surface area contributed by atoms with E-state index in [9.17, 15) is 0 Å². The first-order valence-corrected chi connectivity index (χ1v) is 8.48. The van der Waals surface area contributed by atoms with Gasteiger partial charge in [0.25, 0.3) is 0 Å². The van der Waals surface area contributed by atoms with Crippen LogP contribution in [0, 0.1) is 23.7 Å². The Morgan fingerprint density at radius 2 is 1.76 bits per heavy atom. The lowest BCUT2D eigenvalue weighted by atomic mass is 9.52. The molecule has 0 saturated heterocycles. The summed E-state index contributed by atoms with van der Waals surface area (Å²) in [4.78, 5) is 8.57. The fourth-order valence-electron chi connectivity index (χ4n) is 5.73. The minimum absolute atomic E-state index is 0.600. The van der Waals surface area contributed by atoms with E-state index in [0.717, 1.165) is 29.2 Å². The number of rotatable bonds is 2. The van der Waals surface area contributed by atoms with Crippen LogP contribution in [-0.2, 0) is 6.54 Å². The van der Waals surface area contributed by atoms with Crippen LogP contribution < -0.4 is 5.73 Å². The number of H-pyrrole nitrogens is 1. The minimum Gasteiger partial charge on any atom is -0.342 e. The lowest BCUT2D eigenvalue weighted by Crippen LogP contribution is -2.44. The number of nitrogens with one attached hydrogen (secondary N) is 1. The molecule has 0 spiro atoms. The molecule has 0 atom stereocenters. The van der Waals surface area contributed by atoms with E-state index in [1.165, 1.54) is 49.0 Å². The SMILES string of the molecule is NCc1ccc2nc(C3C4CC5CC(C4)CC3C5)[nH]c2c1. The molecule has 0 amide bonds. The summed E-state index contributed by atoms with van der Waals surface area (Å²) in [7, 11) is 0. The predicted octanol–water partition coefficient (Wildman–Crippen LogP) is 3.56. The lowest BCUT2D eigenvalue weighted by Gasteiger charge is -2.53. The number of hydrogen-bond donors (Lipinski definition) is 2. The second-order valence-corrected chi connectivity index (χ2v) is 7.63. The molecule has 3 heteroatoms. The first-order valence-electron chi connectivity index (χ1n) is 8.48. The summed E-state index contributed by atoms with van der Waals surface area (Å²) >= 11 is 0. The predicted molar refractivity (Wildman–Crippen MR) is 83.8 cm³/mol. The van der Waals surface area contributed by atoms with Crippen molar-refractivity contribution in [3.8, 4) is 0 Å². The number of fused-ring (bicyclic) bond motifs is 1. The first-order chi connectivity index (χ1) is 10.3. The second kappa shape index (κ2) is 4.33. The van der Waals surface area contributed by atoms with Crippen LogP contribution in [0.2, 0.25) is 0 Å². The van der Waals surface area contributed by atoms with Gasteiger partial charge in [-0.3, -0.25) is 0 Å². The summed E-state index contributed by atoms with van der Waals surface area (Å²) in [6, 6.07) is 6.39. The first kappa shape index (κ1) is 12.2. The van der Waals surface area contributed by atoms with Crippen molar-refractivity contribution in [3.05, 3.63) is 29.6 Å². The monoisotopic (exact) mass is 281 g/mol. The molecule has 0 aliphatic heterocycles. The van der Waals surface area contributed by atoms with Gasteiger partial charge < -0.3 is 10.7 Å². The highest BCUT2D eigenvalue weighted by Crippen LogP contribution is 2.59. The molecular formula is C18H23N3. The fourth-order valence-corrected chi connectivity index (χ4v) is 5.73. The van der Waals surface area contributed by atoms with Crippen LogP contribution >= 0.6 is 0 Å². The minimum atomic E-state index is 0.600. The van der Waals surface area contributed by atoms with Crippen molar-refractivity contribution in [1.29, 1.82) is 0 Å². The third-order valence-corrected chi connectivity index (χ3v) is 6.34. The Morgan fingerprint density at radius 1 is 1.05 bits per heavy atom. The van der Waals surface area contributed by atoms with Crippen molar-refractivity contribution >= 4 is 11.0 Å². The van der Waals surface area contributed by atoms with Crippen LogP contribution in [0.15, 0.2) is 18.2 Å². The van der Waals surface area contributed by atoms with Crippen LogP contribution in [0.4, 0.5) is 0 Å². The lowest BCUT2D eigenvalue weighted by molar-refractivity contribution is -0.00528. The Kier molecular flexibility index (Phi) is 2.52. The summed E-state index contributed by atoms with van der Waals surface area (Å²) in [6.07, 6.45) is 7.30. The zero-order chi connectivity index (χ0) is 14.0. The molecule has 21 heavy (non-hydrogen) atoms. The molecule has 0 radical (unpaired) electrons. The molecule has 3 nitrogen and oxygen atoms in total. The quantitative estimate of drug-likeness (QED) is 0.884. The third-order valence-electron chi connectivity index (χ3n) is 6.34. The largest absolute Gasteiger partial charge is 0.342 e. The van der Waals surface area contributed by atoms with Gasteiger partial charge in [-0.25, -0.2) is 4.98 Å². The average molecular weight is 281 g/mol. The van der Waals surface area contributed by atoms with Gasteiger partial charge in [-0.2, -0.15) is 0 Å². The van der Waals surface area contributed by atoms with E-state index in [4.69, 9.17) is 10.7 Å². The molecule has 4 aliphatic rings. The number of aromatic amines is 1. The highest BCUT2D eigenvalue weighted by Gasteiger charge is 2.49. The van der Waals surface area contributed by atoms with Gasteiger partial charge in [0.05, 0.1) is 11.0 Å². The number of benzene rings is 1. The Morgan fingerprint density at radius 3 is 2.43 bits per heavy atom. The van der Waals surface area contributed by atoms with Crippen molar-refractivity contribution in [2.24, 2.45) is 29.4 Å². The van der Waals surface area contributed by atoms with Crippen molar-refractivity contribution in [3.63, 3.8) is 0 Å². The van der Waals surface area contributed by atoms with Crippen LogP contribution in [0.1, 0.15) is 49.4 Å². The molecule has 4 bridgehead atoms. The molecule has 110 valence electrons. The number of aromatic nitrogens is 2. The highest BCUT2D eigenvalue weighted by atomic mass is 14.9. The van der Waals surface area contributed by atoms with E-state index < -0.39 is 0 Å². The topological polar surface area (TPSA) is 54.7 Å². The Hall–Kier alpha value is -1.35. The van der Waals surface area contributed by atoms with Crippen molar-refractivity contribution in [2.75, 3.05) is 0 Å². The Balaban J connectivity index is 1.55. The smallest absolute Gasteiger partial charge is 0.110 e. The summed E-state index contributed by atoms with van der Waals surface area (Å²) in [6.45, 7) is 0.600. The molecule has 3 N–H and O–H groups in total. The molecule has 4 saturated carbocycles. The van der Waals surface area contributed by atoms with Gasteiger partial charge in [0.2, 0.25) is 0 Å². The molecule has 1 aromatic heterocycles. The van der Waals surface area contributed by atoms with Crippen LogP contribution in [0.25, 0.3) is 11.0 Å². The Bertz CT molecular complexity index is 659. The number of hydrogen-bond acceptors (Lipinski definition) is 2. The van der Waals surface area contributed by atoms with Crippen LogP contribution in [-0.4, -0.2) is 9.97 Å². The van der Waals surface area contributed by atoms with E-state index in [2.05, 4.69) is 23.2 Å². The maximum Gasteiger partial charge on any atom is 0.110 e. The van der Waals surface area contributed by atoms with Gasteiger partial charge in [0.15, 0.2) is 0 Å². The molecule has 1 aromatic carbocycles. The molecule has 2 aromatic rings. The highest BCUT2D eigenvalue weighted by molar-refractivity contribution is 5.76. The van der Waals surface area contributed by atoms with E-state index in [0.29, 0.717) is 12.5 Å². The van der Waals surface area contributed by atoms with Gasteiger partial charge >= 0.3 is 0 Å². The molecule has 0 unspecified atom stereocenters. The summed E-state index contributed by atoms with van der Waals surface area (Å²) in [5, 5.41) is 0. The summed E-state index contributed by atoms with van der Waals surface area (Å²) in [5.74, 6) is 5.76. The molecule has 6 rings (SSSR count). The molecule has 4 aliphatic carbocycles.